The van der Waals surface area contributed by atoms with Gasteiger partial charge in [-0.25, -0.2) is 4.98 Å². The Kier molecular flexibility index (Phi) is 6.18. The lowest BCUT2D eigenvalue weighted by Crippen LogP contribution is -2.41. The molecule has 1 aromatic rings. The number of anilines is 1. The van der Waals surface area contributed by atoms with Crippen molar-refractivity contribution in [3.05, 3.63) is 22.3 Å². The molecule has 1 aromatic heterocycles. The van der Waals surface area contributed by atoms with Gasteiger partial charge in [0.1, 0.15) is 5.82 Å². The minimum atomic E-state index is 0.561. The van der Waals surface area contributed by atoms with Crippen molar-refractivity contribution in [1.82, 2.24) is 10.3 Å². The second-order valence-corrected chi connectivity index (χ2v) is 7.84. The molecule has 5 heteroatoms. The van der Waals surface area contributed by atoms with Crippen molar-refractivity contribution in [1.29, 1.82) is 0 Å². The lowest BCUT2D eigenvalue weighted by atomic mass is 10.2. The number of pyridine rings is 1. The van der Waals surface area contributed by atoms with E-state index in [0.29, 0.717) is 12.0 Å². The van der Waals surface area contributed by atoms with E-state index in [1.54, 1.807) is 0 Å². The fourth-order valence-electron chi connectivity index (χ4n) is 2.40. The molecule has 0 bridgehead atoms. The average Bonchev–Trinajstić information content (AvgIpc) is 2.40. The zero-order chi connectivity index (χ0) is 14.5. The van der Waals surface area contributed by atoms with Crippen LogP contribution in [0.5, 0.6) is 0 Å². The van der Waals surface area contributed by atoms with Gasteiger partial charge in [0.2, 0.25) is 0 Å². The van der Waals surface area contributed by atoms with Crippen LogP contribution in [-0.4, -0.2) is 35.6 Å². The maximum Gasteiger partial charge on any atom is 0.133 e. The second kappa shape index (κ2) is 7.66. The Morgan fingerprint density at radius 2 is 2.35 bits per heavy atom. The van der Waals surface area contributed by atoms with Crippen LogP contribution in [0.2, 0.25) is 0 Å². The van der Waals surface area contributed by atoms with Crippen LogP contribution in [0.15, 0.2) is 16.7 Å². The topological polar surface area (TPSA) is 28.2 Å². The zero-order valence-electron chi connectivity index (χ0n) is 12.5. The summed E-state index contributed by atoms with van der Waals surface area (Å²) < 4.78 is 1.06. The summed E-state index contributed by atoms with van der Waals surface area (Å²) in [6.07, 6.45) is 1.91. The predicted octanol–water partition coefficient (Wildman–Crippen LogP) is 3.53. The third-order valence-electron chi connectivity index (χ3n) is 3.42. The molecule has 3 nitrogen and oxygen atoms in total. The third-order valence-corrected chi connectivity index (χ3v) is 5.04. The zero-order valence-corrected chi connectivity index (χ0v) is 14.9. The highest BCUT2D eigenvalue weighted by Gasteiger charge is 2.22. The number of hydrogen-bond donors (Lipinski definition) is 1. The Morgan fingerprint density at radius 3 is 3.05 bits per heavy atom. The number of nitrogens with zero attached hydrogens (tertiary/aromatic N) is 2. The Labute approximate surface area is 135 Å². The van der Waals surface area contributed by atoms with Gasteiger partial charge in [-0.05, 0) is 41.4 Å². The minimum absolute atomic E-state index is 0.561. The summed E-state index contributed by atoms with van der Waals surface area (Å²) in [7, 11) is 0. The van der Waals surface area contributed by atoms with E-state index in [4.69, 9.17) is 0 Å². The lowest BCUT2D eigenvalue weighted by molar-refractivity contribution is 0.550. The third kappa shape index (κ3) is 4.37. The van der Waals surface area contributed by atoms with Crippen LogP contribution in [-0.2, 0) is 6.54 Å². The first-order valence-electron chi connectivity index (χ1n) is 7.27. The molecule has 0 spiro atoms. The molecule has 2 heterocycles. The van der Waals surface area contributed by atoms with Crippen LogP contribution in [0.1, 0.15) is 26.3 Å². The van der Waals surface area contributed by atoms with Gasteiger partial charge in [-0.2, -0.15) is 11.8 Å². The van der Waals surface area contributed by atoms with E-state index in [-0.39, 0.29) is 0 Å². The first kappa shape index (κ1) is 16.1. The van der Waals surface area contributed by atoms with Crippen molar-refractivity contribution in [2.75, 3.05) is 29.5 Å². The van der Waals surface area contributed by atoms with Gasteiger partial charge in [0, 0.05) is 46.9 Å². The molecular weight excluding hydrogens is 334 g/mol. The molecule has 1 N–H and O–H groups in total. The second-order valence-electron chi connectivity index (χ2n) is 5.78. The summed E-state index contributed by atoms with van der Waals surface area (Å²) in [5.74, 6) is 4.21. The van der Waals surface area contributed by atoms with Crippen molar-refractivity contribution >= 4 is 33.5 Å². The SMILES string of the molecule is CC(C)CNCc1cc(Br)cnc1N1CCSCC1C. The van der Waals surface area contributed by atoms with Gasteiger partial charge in [-0.3, -0.25) is 0 Å². The Balaban J connectivity index is 2.14. The standard InChI is InChI=1S/C15H24BrN3S/c1-11(2)7-17-8-13-6-14(16)9-18-15(13)19-4-5-20-10-12(19)3/h6,9,11-12,17H,4-5,7-8,10H2,1-3H3. The van der Waals surface area contributed by atoms with E-state index < -0.39 is 0 Å². The summed E-state index contributed by atoms with van der Waals surface area (Å²) in [4.78, 5) is 7.13. The highest BCUT2D eigenvalue weighted by atomic mass is 79.9. The first-order valence-corrected chi connectivity index (χ1v) is 9.22. The van der Waals surface area contributed by atoms with E-state index in [2.05, 4.69) is 58.0 Å². The molecule has 0 aromatic carbocycles. The number of nitrogens with one attached hydrogen (secondary N) is 1. The molecule has 1 aliphatic rings. The molecule has 1 saturated heterocycles. The number of hydrogen-bond acceptors (Lipinski definition) is 4. The van der Waals surface area contributed by atoms with Crippen LogP contribution < -0.4 is 10.2 Å². The normalized spacial score (nSPS) is 19.6. The molecule has 112 valence electrons. The van der Waals surface area contributed by atoms with E-state index in [1.807, 2.05) is 18.0 Å². The van der Waals surface area contributed by atoms with E-state index >= 15 is 0 Å². The summed E-state index contributed by atoms with van der Waals surface area (Å²) in [6.45, 7) is 9.78. The molecule has 0 aliphatic carbocycles. The monoisotopic (exact) mass is 357 g/mol. The van der Waals surface area contributed by atoms with Gasteiger partial charge in [0.05, 0.1) is 0 Å². The largest absolute Gasteiger partial charge is 0.352 e. The van der Waals surface area contributed by atoms with E-state index in [9.17, 15) is 0 Å². The molecule has 20 heavy (non-hydrogen) atoms. The fourth-order valence-corrected chi connectivity index (χ4v) is 3.79. The summed E-state index contributed by atoms with van der Waals surface area (Å²) >= 11 is 5.58. The van der Waals surface area contributed by atoms with Crippen molar-refractivity contribution in [3.63, 3.8) is 0 Å². The maximum absolute atomic E-state index is 4.68. The van der Waals surface area contributed by atoms with E-state index in [0.717, 1.165) is 29.9 Å². The lowest BCUT2D eigenvalue weighted by Gasteiger charge is -2.35. The van der Waals surface area contributed by atoms with Crippen molar-refractivity contribution in [2.45, 2.75) is 33.4 Å². The number of rotatable bonds is 5. The molecule has 0 amide bonds. The van der Waals surface area contributed by atoms with Gasteiger partial charge >= 0.3 is 0 Å². The quantitative estimate of drug-likeness (QED) is 0.872. The van der Waals surface area contributed by atoms with Crippen molar-refractivity contribution < 1.29 is 0 Å². The van der Waals surface area contributed by atoms with Gasteiger partial charge in [0.25, 0.3) is 0 Å². The Hall–Kier alpha value is -0.260. The number of aromatic nitrogens is 1. The Morgan fingerprint density at radius 1 is 1.55 bits per heavy atom. The van der Waals surface area contributed by atoms with Gasteiger partial charge in [0.15, 0.2) is 0 Å². The molecular formula is C15H24BrN3S. The molecule has 2 rings (SSSR count). The minimum Gasteiger partial charge on any atom is -0.352 e. The molecule has 1 unspecified atom stereocenters. The number of thioether (sulfide) groups is 1. The maximum atomic E-state index is 4.68. The average molecular weight is 358 g/mol. The van der Waals surface area contributed by atoms with Crippen molar-refractivity contribution in [2.24, 2.45) is 5.92 Å². The Bertz CT molecular complexity index is 439. The predicted molar refractivity (Wildman–Crippen MR) is 92.6 cm³/mol. The van der Waals surface area contributed by atoms with Crippen LogP contribution >= 0.6 is 27.7 Å². The fraction of sp³-hybridized carbons (Fsp3) is 0.667. The van der Waals surface area contributed by atoms with Crippen LogP contribution in [0.4, 0.5) is 5.82 Å². The molecule has 0 radical (unpaired) electrons. The van der Waals surface area contributed by atoms with Crippen LogP contribution in [0, 0.1) is 5.92 Å². The summed E-state index contributed by atoms with van der Waals surface area (Å²) in [5, 5.41) is 3.53. The highest BCUT2D eigenvalue weighted by Crippen LogP contribution is 2.27. The van der Waals surface area contributed by atoms with E-state index in [1.165, 1.54) is 17.1 Å². The highest BCUT2D eigenvalue weighted by molar-refractivity contribution is 9.10. The van der Waals surface area contributed by atoms with Crippen LogP contribution in [0.25, 0.3) is 0 Å². The van der Waals surface area contributed by atoms with Gasteiger partial charge < -0.3 is 10.2 Å². The molecule has 1 fully saturated rings. The number of halogens is 1. The molecule has 1 atom stereocenters. The molecule has 0 saturated carbocycles. The smallest absolute Gasteiger partial charge is 0.133 e. The summed E-state index contributed by atoms with van der Waals surface area (Å²) in [5.41, 5.74) is 1.29. The van der Waals surface area contributed by atoms with Gasteiger partial charge in [-0.1, -0.05) is 13.8 Å². The summed E-state index contributed by atoms with van der Waals surface area (Å²) in [6, 6.07) is 2.76. The van der Waals surface area contributed by atoms with Crippen molar-refractivity contribution in [3.8, 4) is 0 Å². The van der Waals surface area contributed by atoms with Crippen LogP contribution in [0.3, 0.4) is 0 Å². The first-order chi connectivity index (χ1) is 9.58. The van der Waals surface area contributed by atoms with Gasteiger partial charge in [-0.15, -0.1) is 0 Å². The molecule has 1 aliphatic heterocycles.